The first-order chi connectivity index (χ1) is 5.99. The summed E-state index contributed by atoms with van der Waals surface area (Å²) in [6.07, 6.45) is 2.47. The molecule has 0 bridgehead atoms. The number of hydrogen-bond acceptors (Lipinski definition) is 2. The summed E-state index contributed by atoms with van der Waals surface area (Å²) in [5, 5.41) is 3.57. The van der Waals surface area contributed by atoms with Gasteiger partial charge in [0, 0.05) is 16.5 Å². The molecule has 1 atom stereocenters. The summed E-state index contributed by atoms with van der Waals surface area (Å²) < 4.78 is 0.404. The molecule has 0 rings (SSSR count). The van der Waals surface area contributed by atoms with E-state index >= 15 is 0 Å². The molecule has 0 radical (unpaired) electrons. The van der Waals surface area contributed by atoms with Crippen LogP contribution in [0.4, 0.5) is 0 Å². The number of rotatable bonds is 6. The fourth-order valence-electron chi connectivity index (χ4n) is 1.02. The second-order valence-corrected chi connectivity index (χ2v) is 6.33. The summed E-state index contributed by atoms with van der Waals surface area (Å²) in [4.78, 5) is 0. The van der Waals surface area contributed by atoms with Crippen LogP contribution in [0.1, 0.15) is 47.5 Å². The van der Waals surface area contributed by atoms with Gasteiger partial charge in [-0.05, 0) is 19.4 Å². The van der Waals surface area contributed by atoms with Crippen LogP contribution in [0.25, 0.3) is 0 Å². The Morgan fingerprint density at radius 2 is 1.85 bits per heavy atom. The second kappa shape index (κ2) is 6.72. The molecular formula is C11H25NS. The number of thioether (sulfide) groups is 1. The van der Waals surface area contributed by atoms with Crippen molar-refractivity contribution in [3.63, 3.8) is 0 Å². The Hall–Kier alpha value is 0.310. The van der Waals surface area contributed by atoms with Gasteiger partial charge in [0.05, 0.1) is 0 Å². The van der Waals surface area contributed by atoms with Crippen LogP contribution in [0.2, 0.25) is 0 Å². The molecule has 80 valence electrons. The zero-order valence-electron chi connectivity index (χ0n) is 9.81. The van der Waals surface area contributed by atoms with Crippen molar-refractivity contribution in [1.29, 1.82) is 0 Å². The highest BCUT2D eigenvalue weighted by molar-refractivity contribution is 8.00. The van der Waals surface area contributed by atoms with E-state index in [9.17, 15) is 0 Å². The Balaban J connectivity index is 3.59. The van der Waals surface area contributed by atoms with E-state index in [2.05, 4.69) is 51.7 Å². The maximum absolute atomic E-state index is 3.57. The fraction of sp³-hybridized carbons (Fsp3) is 1.00. The van der Waals surface area contributed by atoms with Crippen LogP contribution >= 0.6 is 11.8 Å². The average molecular weight is 203 g/mol. The molecule has 0 saturated carbocycles. The van der Waals surface area contributed by atoms with Gasteiger partial charge in [0.25, 0.3) is 0 Å². The monoisotopic (exact) mass is 203 g/mol. The van der Waals surface area contributed by atoms with Crippen molar-refractivity contribution >= 4 is 11.8 Å². The largest absolute Gasteiger partial charge is 0.313 e. The Morgan fingerprint density at radius 1 is 1.23 bits per heavy atom. The van der Waals surface area contributed by atoms with E-state index in [0.717, 1.165) is 6.54 Å². The van der Waals surface area contributed by atoms with Gasteiger partial charge in [-0.15, -0.1) is 0 Å². The van der Waals surface area contributed by atoms with Crippen LogP contribution in [0.5, 0.6) is 0 Å². The van der Waals surface area contributed by atoms with Crippen molar-refractivity contribution in [3.05, 3.63) is 0 Å². The molecule has 0 aromatic rings. The summed E-state index contributed by atoms with van der Waals surface area (Å²) in [6, 6.07) is 0.698. The van der Waals surface area contributed by atoms with Crippen molar-refractivity contribution in [2.45, 2.75) is 58.2 Å². The van der Waals surface area contributed by atoms with Gasteiger partial charge < -0.3 is 5.32 Å². The molecule has 2 heteroatoms. The van der Waals surface area contributed by atoms with Gasteiger partial charge in [-0.1, -0.05) is 34.6 Å². The van der Waals surface area contributed by atoms with Gasteiger partial charge in [0.1, 0.15) is 0 Å². The van der Waals surface area contributed by atoms with E-state index in [0.29, 0.717) is 10.8 Å². The van der Waals surface area contributed by atoms with Crippen LogP contribution in [-0.2, 0) is 0 Å². The minimum Gasteiger partial charge on any atom is -0.313 e. The van der Waals surface area contributed by atoms with E-state index in [1.807, 2.05) is 0 Å². The van der Waals surface area contributed by atoms with Gasteiger partial charge in [0.2, 0.25) is 0 Å². The molecule has 0 aromatic heterocycles. The molecule has 0 aromatic carbocycles. The fourth-order valence-corrected chi connectivity index (χ4v) is 2.07. The van der Waals surface area contributed by atoms with Crippen LogP contribution in [0.3, 0.4) is 0 Å². The lowest BCUT2D eigenvalue weighted by molar-refractivity contribution is 0.538. The Morgan fingerprint density at radius 3 is 2.23 bits per heavy atom. The Bertz CT molecular complexity index is 118. The highest BCUT2D eigenvalue weighted by atomic mass is 32.2. The molecule has 0 amide bonds. The van der Waals surface area contributed by atoms with Crippen LogP contribution in [0.15, 0.2) is 0 Å². The summed E-state index contributed by atoms with van der Waals surface area (Å²) >= 11 is 2.05. The molecule has 1 unspecified atom stereocenters. The van der Waals surface area contributed by atoms with Gasteiger partial charge >= 0.3 is 0 Å². The molecule has 1 nitrogen and oxygen atoms in total. The zero-order chi connectivity index (χ0) is 10.3. The molecule has 1 N–H and O–H groups in total. The summed E-state index contributed by atoms with van der Waals surface area (Å²) in [6.45, 7) is 12.5. The Labute approximate surface area is 88.1 Å². The molecule has 0 aliphatic heterocycles. The molecule has 13 heavy (non-hydrogen) atoms. The quantitative estimate of drug-likeness (QED) is 0.711. The highest BCUT2D eigenvalue weighted by Gasteiger charge is 2.13. The standard InChI is InChI=1S/C11H25NS/c1-6-8-12-10(7-2)9-13-11(3,4)5/h10,12H,6-9H2,1-5H3. The van der Waals surface area contributed by atoms with E-state index in [4.69, 9.17) is 0 Å². The first kappa shape index (κ1) is 13.3. The molecular weight excluding hydrogens is 178 g/mol. The molecule has 0 fully saturated rings. The van der Waals surface area contributed by atoms with Crippen molar-refractivity contribution in [2.75, 3.05) is 12.3 Å². The maximum Gasteiger partial charge on any atom is 0.0155 e. The highest BCUT2D eigenvalue weighted by Crippen LogP contribution is 2.24. The van der Waals surface area contributed by atoms with E-state index in [1.54, 1.807) is 0 Å². The lowest BCUT2D eigenvalue weighted by atomic mass is 10.2. The third kappa shape index (κ3) is 8.63. The lowest BCUT2D eigenvalue weighted by Crippen LogP contribution is -2.32. The van der Waals surface area contributed by atoms with E-state index < -0.39 is 0 Å². The summed E-state index contributed by atoms with van der Waals surface area (Å²) in [5.41, 5.74) is 0. The minimum atomic E-state index is 0.404. The van der Waals surface area contributed by atoms with Gasteiger partial charge in [-0.3, -0.25) is 0 Å². The molecule has 0 heterocycles. The van der Waals surface area contributed by atoms with Crippen molar-refractivity contribution in [1.82, 2.24) is 5.32 Å². The van der Waals surface area contributed by atoms with E-state index in [-0.39, 0.29) is 0 Å². The van der Waals surface area contributed by atoms with Gasteiger partial charge in [-0.25, -0.2) is 0 Å². The first-order valence-electron chi connectivity index (χ1n) is 5.37. The predicted octanol–water partition coefficient (Wildman–Crippen LogP) is 3.30. The van der Waals surface area contributed by atoms with Gasteiger partial charge in [0.15, 0.2) is 0 Å². The SMILES string of the molecule is CCCNC(CC)CSC(C)(C)C. The third-order valence-corrected chi connectivity index (χ3v) is 3.33. The minimum absolute atomic E-state index is 0.404. The second-order valence-electron chi connectivity index (χ2n) is 4.48. The summed E-state index contributed by atoms with van der Waals surface area (Å²) in [7, 11) is 0. The van der Waals surface area contributed by atoms with Crippen molar-refractivity contribution in [3.8, 4) is 0 Å². The third-order valence-electron chi connectivity index (χ3n) is 1.89. The topological polar surface area (TPSA) is 12.0 Å². The maximum atomic E-state index is 3.57. The van der Waals surface area contributed by atoms with E-state index in [1.165, 1.54) is 18.6 Å². The van der Waals surface area contributed by atoms with Gasteiger partial charge in [-0.2, -0.15) is 11.8 Å². The number of hydrogen-bond donors (Lipinski definition) is 1. The van der Waals surface area contributed by atoms with Crippen LogP contribution in [0, 0.1) is 0 Å². The number of nitrogens with one attached hydrogen (secondary N) is 1. The smallest absolute Gasteiger partial charge is 0.0155 e. The normalized spacial score (nSPS) is 14.5. The molecule has 0 aliphatic rings. The molecule has 0 saturated heterocycles. The summed E-state index contributed by atoms with van der Waals surface area (Å²) in [5.74, 6) is 1.24. The van der Waals surface area contributed by atoms with Crippen molar-refractivity contribution < 1.29 is 0 Å². The average Bonchev–Trinajstić information content (AvgIpc) is 2.03. The van der Waals surface area contributed by atoms with Crippen LogP contribution in [-0.4, -0.2) is 23.1 Å². The first-order valence-corrected chi connectivity index (χ1v) is 6.35. The molecule has 0 spiro atoms. The van der Waals surface area contributed by atoms with Crippen LogP contribution < -0.4 is 5.32 Å². The van der Waals surface area contributed by atoms with Crippen molar-refractivity contribution in [2.24, 2.45) is 0 Å². The predicted molar refractivity (Wildman–Crippen MR) is 64.6 cm³/mol. The Kier molecular flexibility index (Phi) is 6.88. The lowest BCUT2D eigenvalue weighted by Gasteiger charge is -2.22. The molecule has 0 aliphatic carbocycles. The zero-order valence-corrected chi connectivity index (χ0v) is 10.6.